The molecule has 1 aromatic rings. The van der Waals surface area contributed by atoms with Crippen LogP contribution in [-0.4, -0.2) is 23.1 Å². The van der Waals surface area contributed by atoms with Gasteiger partial charge >= 0.3 is 0 Å². The van der Waals surface area contributed by atoms with Gasteiger partial charge in [0.2, 0.25) is 11.8 Å². The van der Waals surface area contributed by atoms with E-state index in [0.29, 0.717) is 6.42 Å². The van der Waals surface area contributed by atoms with E-state index in [-0.39, 0.29) is 23.8 Å². The molecule has 5 heteroatoms. The van der Waals surface area contributed by atoms with Crippen molar-refractivity contribution in [3.8, 4) is 0 Å². The molecule has 1 aromatic carbocycles. The zero-order chi connectivity index (χ0) is 16.7. The average Bonchev–Trinajstić information content (AvgIpc) is 2.96. The number of benzene rings is 1. The smallest absolute Gasteiger partial charge is 0.243 e. The largest absolute Gasteiger partial charge is 0.352 e. The molecular weight excluding hydrogens is 292 g/mol. The Morgan fingerprint density at radius 2 is 1.83 bits per heavy atom. The van der Waals surface area contributed by atoms with Gasteiger partial charge in [-0.25, -0.2) is 5.48 Å². The van der Waals surface area contributed by atoms with Crippen molar-refractivity contribution in [2.45, 2.75) is 57.9 Å². The summed E-state index contributed by atoms with van der Waals surface area (Å²) in [6.07, 6.45) is 5.54. The summed E-state index contributed by atoms with van der Waals surface area (Å²) in [6.45, 7) is 1.96. The molecule has 0 radical (unpaired) electrons. The Kier molecular flexibility index (Phi) is 6.59. The van der Waals surface area contributed by atoms with Crippen molar-refractivity contribution in [2.24, 2.45) is 5.92 Å². The van der Waals surface area contributed by atoms with E-state index >= 15 is 0 Å². The minimum absolute atomic E-state index is 0.00891. The highest BCUT2D eigenvalue weighted by Gasteiger charge is 2.24. The molecule has 2 amide bonds. The number of carbonyl (C=O) groups excluding carboxylic acids is 2. The highest BCUT2D eigenvalue weighted by molar-refractivity contribution is 5.78. The number of fused-ring (bicyclic) bond motifs is 1. The van der Waals surface area contributed by atoms with Crippen molar-refractivity contribution in [2.75, 3.05) is 0 Å². The Balaban J connectivity index is 1.63. The van der Waals surface area contributed by atoms with Crippen LogP contribution in [0.5, 0.6) is 0 Å². The lowest BCUT2D eigenvalue weighted by atomic mass is 10.0. The third-order valence-electron chi connectivity index (χ3n) is 4.51. The van der Waals surface area contributed by atoms with E-state index in [2.05, 4.69) is 17.4 Å². The number of amides is 2. The average molecular weight is 318 g/mol. The topological polar surface area (TPSA) is 78.4 Å². The van der Waals surface area contributed by atoms with Crippen molar-refractivity contribution >= 4 is 11.8 Å². The van der Waals surface area contributed by atoms with Crippen LogP contribution in [0.25, 0.3) is 0 Å². The molecule has 0 spiro atoms. The molecule has 0 bridgehead atoms. The van der Waals surface area contributed by atoms with Gasteiger partial charge < -0.3 is 5.32 Å². The fourth-order valence-corrected chi connectivity index (χ4v) is 3.10. The Morgan fingerprint density at radius 3 is 2.43 bits per heavy atom. The molecule has 126 valence electrons. The summed E-state index contributed by atoms with van der Waals surface area (Å²) in [4.78, 5) is 23.1. The summed E-state index contributed by atoms with van der Waals surface area (Å²) in [5, 5.41) is 11.6. The standard InChI is InChI=1S/C18H26N2O3/c1-13(7-3-2-4-10-17(21)20-23)18(22)19-16-11-14-8-5-6-9-15(14)12-16/h5-6,8-9,13,16,23H,2-4,7,10-12H2,1H3,(H,19,22)(H,20,21). The molecule has 1 aliphatic carbocycles. The summed E-state index contributed by atoms with van der Waals surface area (Å²) in [5.41, 5.74) is 4.31. The molecule has 1 atom stereocenters. The second-order valence-corrected chi connectivity index (χ2v) is 6.42. The Morgan fingerprint density at radius 1 is 1.17 bits per heavy atom. The van der Waals surface area contributed by atoms with E-state index in [9.17, 15) is 9.59 Å². The monoisotopic (exact) mass is 318 g/mol. The van der Waals surface area contributed by atoms with Crippen molar-refractivity contribution in [3.05, 3.63) is 35.4 Å². The quantitative estimate of drug-likeness (QED) is 0.391. The van der Waals surface area contributed by atoms with Crippen LogP contribution in [0.15, 0.2) is 24.3 Å². The maximum absolute atomic E-state index is 12.3. The van der Waals surface area contributed by atoms with Crippen LogP contribution in [0.3, 0.4) is 0 Å². The van der Waals surface area contributed by atoms with Crippen LogP contribution in [0, 0.1) is 5.92 Å². The number of nitrogens with one attached hydrogen (secondary N) is 2. The number of carbonyl (C=O) groups is 2. The Labute approximate surface area is 137 Å². The molecule has 5 nitrogen and oxygen atoms in total. The Bertz CT molecular complexity index is 520. The molecule has 0 aromatic heterocycles. The summed E-state index contributed by atoms with van der Waals surface area (Å²) in [5.74, 6) is -0.238. The number of hydrogen-bond acceptors (Lipinski definition) is 3. The predicted molar refractivity (Wildman–Crippen MR) is 88.0 cm³/mol. The fourth-order valence-electron chi connectivity index (χ4n) is 3.10. The number of unbranched alkanes of at least 4 members (excludes halogenated alkanes) is 2. The summed E-state index contributed by atoms with van der Waals surface area (Å²) >= 11 is 0. The van der Waals surface area contributed by atoms with Gasteiger partial charge in [-0.2, -0.15) is 0 Å². The second-order valence-electron chi connectivity index (χ2n) is 6.42. The van der Waals surface area contributed by atoms with Gasteiger partial charge in [-0.3, -0.25) is 14.8 Å². The predicted octanol–water partition coefficient (Wildman–Crippen LogP) is 2.36. The summed E-state index contributed by atoms with van der Waals surface area (Å²) in [6, 6.07) is 8.57. The van der Waals surface area contributed by atoms with Crippen molar-refractivity contribution in [1.29, 1.82) is 0 Å². The van der Waals surface area contributed by atoms with Crippen LogP contribution in [0.4, 0.5) is 0 Å². The van der Waals surface area contributed by atoms with Gasteiger partial charge in [0.1, 0.15) is 0 Å². The van der Waals surface area contributed by atoms with E-state index < -0.39 is 0 Å². The molecule has 0 saturated carbocycles. The van der Waals surface area contributed by atoms with Gasteiger partial charge in [-0.15, -0.1) is 0 Å². The molecule has 1 unspecified atom stereocenters. The lowest BCUT2D eigenvalue weighted by molar-refractivity contribution is -0.129. The molecule has 23 heavy (non-hydrogen) atoms. The van der Waals surface area contributed by atoms with Crippen LogP contribution in [0.1, 0.15) is 50.2 Å². The molecule has 0 heterocycles. The molecule has 0 fully saturated rings. The molecule has 0 saturated heterocycles. The van der Waals surface area contributed by atoms with Crippen molar-refractivity contribution < 1.29 is 14.8 Å². The first-order chi connectivity index (χ1) is 11.1. The van der Waals surface area contributed by atoms with Gasteiger partial charge in [-0.05, 0) is 36.8 Å². The van der Waals surface area contributed by atoms with Crippen LogP contribution in [0.2, 0.25) is 0 Å². The maximum Gasteiger partial charge on any atom is 0.243 e. The normalized spacial score (nSPS) is 15.0. The van der Waals surface area contributed by atoms with Gasteiger partial charge in [-0.1, -0.05) is 44.0 Å². The van der Waals surface area contributed by atoms with Crippen LogP contribution >= 0.6 is 0 Å². The third-order valence-corrected chi connectivity index (χ3v) is 4.51. The van der Waals surface area contributed by atoms with Crippen molar-refractivity contribution in [3.63, 3.8) is 0 Å². The molecule has 1 aliphatic rings. The minimum Gasteiger partial charge on any atom is -0.352 e. The number of hydroxylamine groups is 1. The molecular formula is C18H26N2O3. The lowest BCUT2D eigenvalue weighted by Crippen LogP contribution is -2.38. The van der Waals surface area contributed by atoms with Gasteiger partial charge in [0.05, 0.1) is 0 Å². The van der Waals surface area contributed by atoms with E-state index in [0.717, 1.165) is 38.5 Å². The minimum atomic E-state index is -0.350. The van der Waals surface area contributed by atoms with Crippen LogP contribution in [-0.2, 0) is 22.4 Å². The van der Waals surface area contributed by atoms with Gasteiger partial charge in [0.15, 0.2) is 0 Å². The second kappa shape index (κ2) is 8.67. The van der Waals surface area contributed by atoms with Crippen LogP contribution < -0.4 is 10.8 Å². The molecule has 2 rings (SSSR count). The van der Waals surface area contributed by atoms with Crippen molar-refractivity contribution in [1.82, 2.24) is 10.8 Å². The van der Waals surface area contributed by atoms with E-state index in [1.807, 2.05) is 19.1 Å². The highest BCUT2D eigenvalue weighted by atomic mass is 16.5. The number of rotatable bonds is 8. The third kappa shape index (κ3) is 5.36. The molecule has 0 aliphatic heterocycles. The first kappa shape index (κ1) is 17.5. The van der Waals surface area contributed by atoms with E-state index in [4.69, 9.17) is 5.21 Å². The van der Waals surface area contributed by atoms with E-state index in [1.165, 1.54) is 11.1 Å². The zero-order valence-electron chi connectivity index (χ0n) is 13.7. The number of hydrogen-bond donors (Lipinski definition) is 3. The zero-order valence-corrected chi connectivity index (χ0v) is 13.7. The first-order valence-electron chi connectivity index (χ1n) is 8.40. The fraction of sp³-hybridized carbons (Fsp3) is 0.556. The maximum atomic E-state index is 12.3. The summed E-state index contributed by atoms with van der Waals surface area (Å²) in [7, 11) is 0. The Hall–Kier alpha value is -1.88. The van der Waals surface area contributed by atoms with E-state index in [1.54, 1.807) is 5.48 Å². The van der Waals surface area contributed by atoms with Gasteiger partial charge in [0.25, 0.3) is 0 Å². The molecule has 3 N–H and O–H groups in total. The highest BCUT2D eigenvalue weighted by Crippen LogP contribution is 2.22. The first-order valence-corrected chi connectivity index (χ1v) is 8.40. The SMILES string of the molecule is CC(CCCCCC(=O)NO)C(=O)NC1Cc2ccccc2C1. The lowest BCUT2D eigenvalue weighted by Gasteiger charge is -2.16. The summed E-state index contributed by atoms with van der Waals surface area (Å²) < 4.78 is 0. The van der Waals surface area contributed by atoms with Gasteiger partial charge in [0, 0.05) is 18.4 Å².